The monoisotopic (exact) mass is 227 g/mol. The van der Waals surface area contributed by atoms with Gasteiger partial charge in [-0.1, -0.05) is 34.3 Å². The molecule has 1 heterocycles. The Morgan fingerprint density at radius 1 is 1.56 bits per heavy atom. The van der Waals surface area contributed by atoms with Crippen LogP contribution in [0.5, 0.6) is 0 Å². The van der Waals surface area contributed by atoms with Crippen LogP contribution in [0.3, 0.4) is 0 Å². The summed E-state index contributed by atoms with van der Waals surface area (Å²) >= 11 is 0. The number of carbonyl (C=O) groups is 1. The van der Waals surface area contributed by atoms with Crippen molar-refractivity contribution < 1.29 is 9.53 Å². The molecule has 0 spiro atoms. The minimum atomic E-state index is -0.157. The quantitative estimate of drug-likeness (QED) is 0.642. The van der Waals surface area contributed by atoms with Crippen LogP contribution in [0.1, 0.15) is 47.5 Å². The molecular weight excluding hydrogens is 202 g/mol. The molecule has 0 radical (unpaired) electrons. The molecule has 1 aliphatic rings. The summed E-state index contributed by atoms with van der Waals surface area (Å²) in [6, 6.07) is 0. The first-order chi connectivity index (χ1) is 7.51. The van der Waals surface area contributed by atoms with E-state index in [0.29, 0.717) is 12.3 Å². The highest BCUT2D eigenvalue weighted by molar-refractivity contribution is 5.85. The molecule has 0 bridgehead atoms. The highest BCUT2D eigenvalue weighted by atomic mass is 16.5. The second-order valence-corrected chi connectivity index (χ2v) is 3.37. The number of allylic oxidation sites excluding steroid dienone is 1. The summed E-state index contributed by atoms with van der Waals surface area (Å²) in [4.78, 5) is 14.2. The van der Waals surface area contributed by atoms with Crippen LogP contribution in [0.25, 0.3) is 0 Å². The van der Waals surface area contributed by atoms with Crippen LogP contribution in [0.2, 0.25) is 0 Å². The Morgan fingerprint density at radius 3 is 2.12 bits per heavy atom. The first-order valence-corrected chi connectivity index (χ1v) is 5.81. The zero-order chi connectivity index (χ0) is 13.1. The largest absolute Gasteiger partial charge is 0.469 e. The topological polar surface area (TPSA) is 38.7 Å². The molecule has 0 saturated carbocycles. The number of methoxy groups -OCH3 is 1. The minimum Gasteiger partial charge on any atom is -0.469 e. The fourth-order valence-corrected chi connectivity index (χ4v) is 1.11. The highest BCUT2D eigenvalue weighted by Gasteiger charge is 2.13. The van der Waals surface area contributed by atoms with E-state index in [2.05, 4.69) is 30.2 Å². The summed E-state index contributed by atoms with van der Waals surface area (Å²) in [6.07, 6.45) is 1.58. The Labute approximate surface area is 99.6 Å². The van der Waals surface area contributed by atoms with Crippen molar-refractivity contribution in [3.8, 4) is 0 Å². The number of carbonyl (C=O) groups excluding carboxylic acids is 1. The lowest BCUT2D eigenvalue weighted by Gasteiger charge is -1.96. The predicted octanol–water partition coefficient (Wildman–Crippen LogP) is 3.60. The molecule has 16 heavy (non-hydrogen) atoms. The molecule has 1 aliphatic heterocycles. The van der Waals surface area contributed by atoms with Crippen LogP contribution < -0.4 is 0 Å². The van der Waals surface area contributed by atoms with Crippen molar-refractivity contribution >= 4 is 11.7 Å². The Morgan fingerprint density at radius 2 is 2.06 bits per heavy atom. The van der Waals surface area contributed by atoms with E-state index < -0.39 is 0 Å². The van der Waals surface area contributed by atoms with Gasteiger partial charge < -0.3 is 4.74 Å². The number of rotatable bonds is 1. The van der Waals surface area contributed by atoms with Gasteiger partial charge in [0.15, 0.2) is 0 Å². The van der Waals surface area contributed by atoms with Gasteiger partial charge in [-0.2, -0.15) is 0 Å². The number of hydrogen-bond acceptors (Lipinski definition) is 3. The van der Waals surface area contributed by atoms with Crippen LogP contribution in [-0.2, 0) is 9.53 Å². The molecule has 3 nitrogen and oxygen atoms in total. The SMILES string of the molecule is C=C1N=C(C)CC1C.CC.CCC(=O)OC. The zero-order valence-corrected chi connectivity index (χ0v) is 11.5. The van der Waals surface area contributed by atoms with Crippen molar-refractivity contribution in [1.82, 2.24) is 0 Å². The minimum absolute atomic E-state index is 0.157. The molecule has 1 unspecified atom stereocenters. The van der Waals surface area contributed by atoms with Crippen molar-refractivity contribution in [2.45, 2.75) is 47.5 Å². The summed E-state index contributed by atoms with van der Waals surface area (Å²) in [5.41, 5.74) is 2.27. The Hall–Kier alpha value is -1.12. The van der Waals surface area contributed by atoms with E-state index in [1.54, 1.807) is 6.92 Å². The third-order valence-electron chi connectivity index (χ3n) is 2.02. The lowest BCUT2D eigenvalue weighted by Crippen LogP contribution is -1.94. The molecule has 0 aromatic rings. The van der Waals surface area contributed by atoms with Gasteiger partial charge in [-0.15, -0.1) is 0 Å². The van der Waals surface area contributed by atoms with Crippen LogP contribution in [0, 0.1) is 5.92 Å². The summed E-state index contributed by atoms with van der Waals surface area (Å²) in [6.45, 7) is 13.8. The third-order valence-corrected chi connectivity index (χ3v) is 2.02. The number of aliphatic imine (C=N–C) groups is 1. The van der Waals surface area contributed by atoms with Crippen LogP contribution in [0.15, 0.2) is 17.3 Å². The summed E-state index contributed by atoms with van der Waals surface area (Å²) in [7, 11) is 1.38. The predicted molar refractivity (Wildman–Crippen MR) is 69.7 cm³/mol. The summed E-state index contributed by atoms with van der Waals surface area (Å²) < 4.78 is 4.26. The maximum atomic E-state index is 9.96. The van der Waals surface area contributed by atoms with E-state index in [4.69, 9.17) is 0 Å². The molecule has 1 rings (SSSR count). The standard InChI is InChI=1S/C7H11N.C4H8O2.C2H6/c1-5-4-6(2)8-7(5)3;1-3-4(5)6-2;1-2/h5H,3-4H2,1-2H3;3H2,1-2H3;1-2H3. The van der Waals surface area contributed by atoms with Crippen LogP contribution >= 0.6 is 0 Å². The second-order valence-electron chi connectivity index (χ2n) is 3.37. The molecule has 0 fully saturated rings. The lowest BCUT2D eigenvalue weighted by atomic mass is 10.1. The maximum Gasteiger partial charge on any atom is 0.305 e. The van der Waals surface area contributed by atoms with E-state index in [-0.39, 0.29) is 5.97 Å². The summed E-state index contributed by atoms with van der Waals surface area (Å²) in [5.74, 6) is 0.435. The lowest BCUT2D eigenvalue weighted by molar-refractivity contribution is -0.140. The van der Waals surface area contributed by atoms with Crippen LogP contribution in [0.4, 0.5) is 0 Å². The van der Waals surface area contributed by atoms with E-state index in [0.717, 1.165) is 12.1 Å². The van der Waals surface area contributed by atoms with Gasteiger partial charge in [-0.25, -0.2) is 0 Å². The molecule has 0 saturated heterocycles. The zero-order valence-electron chi connectivity index (χ0n) is 11.5. The van der Waals surface area contributed by atoms with Gasteiger partial charge in [0.2, 0.25) is 0 Å². The second kappa shape index (κ2) is 10.4. The average molecular weight is 227 g/mol. The smallest absolute Gasteiger partial charge is 0.305 e. The van der Waals surface area contributed by atoms with E-state index in [1.807, 2.05) is 13.8 Å². The number of ether oxygens (including phenoxy) is 1. The van der Waals surface area contributed by atoms with Gasteiger partial charge >= 0.3 is 5.97 Å². The normalized spacial score (nSPS) is 17.5. The van der Waals surface area contributed by atoms with Gasteiger partial charge in [0.05, 0.1) is 7.11 Å². The first-order valence-electron chi connectivity index (χ1n) is 5.81. The van der Waals surface area contributed by atoms with Crippen molar-refractivity contribution in [1.29, 1.82) is 0 Å². The van der Waals surface area contributed by atoms with Gasteiger partial charge in [0, 0.05) is 23.7 Å². The van der Waals surface area contributed by atoms with Crippen molar-refractivity contribution in [2.24, 2.45) is 10.9 Å². The fourth-order valence-electron chi connectivity index (χ4n) is 1.11. The van der Waals surface area contributed by atoms with Gasteiger partial charge in [-0.3, -0.25) is 9.79 Å². The van der Waals surface area contributed by atoms with Crippen molar-refractivity contribution in [3.05, 3.63) is 12.3 Å². The number of hydrogen-bond donors (Lipinski definition) is 0. The molecule has 1 atom stereocenters. The third kappa shape index (κ3) is 8.21. The Balaban J connectivity index is 0. The molecular formula is C13H25NO2. The molecule has 3 heteroatoms. The maximum absolute atomic E-state index is 9.96. The molecule has 0 aromatic heterocycles. The molecule has 94 valence electrons. The summed E-state index contributed by atoms with van der Waals surface area (Å²) in [5, 5.41) is 0. The van der Waals surface area contributed by atoms with Gasteiger partial charge in [0.1, 0.15) is 0 Å². The molecule has 0 amide bonds. The van der Waals surface area contributed by atoms with Gasteiger partial charge in [0.25, 0.3) is 0 Å². The molecule has 0 N–H and O–H groups in total. The van der Waals surface area contributed by atoms with E-state index in [1.165, 1.54) is 12.8 Å². The highest BCUT2D eigenvalue weighted by Crippen LogP contribution is 2.21. The molecule has 0 aromatic carbocycles. The fraction of sp³-hybridized carbons (Fsp3) is 0.692. The number of nitrogens with zero attached hydrogens (tertiary/aromatic N) is 1. The van der Waals surface area contributed by atoms with Crippen molar-refractivity contribution in [3.63, 3.8) is 0 Å². The van der Waals surface area contributed by atoms with E-state index >= 15 is 0 Å². The first kappa shape index (κ1) is 17.3. The van der Waals surface area contributed by atoms with Gasteiger partial charge in [-0.05, 0) is 13.3 Å². The number of esters is 1. The molecule has 0 aliphatic carbocycles. The van der Waals surface area contributed by atoms with Crippen molar-refractivity contribution in [2.75, 3.05) is 7.11 Å². The van der Waals surface area contributed by atoms with Crippen LogP contribution in [-0.4, -0.2) is 18.8 Å². The van der Waals surface area contributed by atoms with E-state index in [9.17, 15) is 4.79 Å². The Kier molecular flexibility index (Phi) is 11.2. The average Bonchev–Trinajstić information content (AvgIpc) is 2.58. The Bertz CT molecular complexity index is 238.